The van der Waals surface area contributed by atoms with Crippen molar-refractivity contribution in [2.24, 2.45) is 0 Å². The van der Waals surface area contributed by atoms with Gasteiger partial charge in [-0.15, -0.1) is 0 Å². The maximum absolute atomic E-state index is 10.5. The quantitative estimate of drug-likeness (QED) is 0.877. The van der Waals surface area contributed by atoms with Crippen molar-refractivity contribution in [1.82, 2.24) is 9.78 Å². The molecule has 0 amide bonds. The minimum absolute atomic E-state index is 0.126. The Morgan fingerprint density at radius 3 is 2.44 bits per heavy atom. The van der Waals surface area contributed by atoms with E-state index < -0.39 is 6.10 Å². The molecular formula is C15H20N2O. The molecule has 0 fully saturated rings. The molecule has 2 aromatic rings. The van der Waals surface area contributed by atoms with Crippen molar-refractivity contribution in [2.45, 2.75) is 38.8 Å². The van der Waals surface area contributed by atoms with Gasteiger partial charge in [0.1, 0.15) is 0 Å². The Bertz CT molecular complexity index is 478. The summed E-state index contributed by atoms with van der Waals surface area (Å²) >= 11 is 0. The van der Waals surface area contributed by atoms with Crippen LogP contribution in [0.5, 0.6) is 0 Å². The molecule has 96 valence electrons. The lowest BCUT2D eigenvalue weighted by Crippen LogP contribution is -2.09. The monoisotopic (exact) mass is 244 g/mol. The second kappa shape index (κ2) is 5.83. The number of aliphatic hydroxyl groups is 1. The molecule has 0 radical (unpaired) electrons. The molecule has 0 saturated carbocycles. The van der Waals surface area contributed by atoms with Crippen molar-refractivity contribution in [3.63, 3.8) is 0 Å². The van der Waals surface area contributed by atoms with Crippen LogP contribution in [0.3, 0.4) is 0 Å². The van der Waals surface area contributed by atoms with E-state index in [2.05, 4.69) is 24.2 Å². The molecule has 1 aromatic heterocycles. The highest BCUT2D eigenvalue weighted by Crippen LogP contribution is 2.33. The highest BCUT2D eigenvalue weighted by atomic mass is 16.3. The summed E-state index contributed by atoms with van der Waals surface area (Å²) in [5, 5.41) is 14.7. The van der Waals surface area contributed by atoms with E-state index >= 15 is 0 Å². The molecule has 18 heavy (non-hydrogen) atoms. The summed E-state index contributed by atoms with van der Waals surface area (Å²) in [6.07, 6.45) is 4.11. The van der Waals surface area contributed by atoms with E-state index in [1.54, 1.807) is 6.20 Å². The van der Waals surface area contributed by atoms with Gasteiger partial charge in [0, 0.05) is 24.2 Å². The first-order valence-corrected chi connectivity index (χ1v) is 6.51. The predicted molar refractivity (Wildman–Crippen MR) is 72.3 cm³/mol. The molecule has 1 N–H and O–H groups in total. The van der Waals surface area contributed by atoms with E-state index in [0.717, 1.165) is 18.5 Å². The predicted octanol–water partition coefficient (Wildman–Crippen LogP) is 3.13. The van der Waals surface area contributed by atoms with Crippen LogP contribution in [0.2, 0.25) is 0 Å². The zero-order chi connectivity index (χ0) is 13.0. The Balaban J connectivity index is 2.22. The molecule has 2 rings (SSSR count). The lowest BCUT2D eigenvalue weighted by atomic mass is 9.88. The Kier molecular flexibility index (Phi) is 4.15. The average Bonchev–Trinajstić information content (AvgIpc) is 2.89. The first-order valence-electron chi connectivity index (χ1n) is 6.51. The van der Waals surface area contributed by atoms with Gasteiger partial charge in [-0.1, -0.05) is 37.3 Å². The molecule has 3 heteroatoms. The summed E-state index contributed by atoms with van der Waals surface area (Å²) in [5.41, 5.74) is 2.07. The van der Waals surface area contributed by atoms with Gasteiger partial charge in [0.25, 0.3) is 0 Å². The molecule has 0 spiro atoms. The van der Waals surface area contributed by atoms with E-state index in [1.807, 2.05) is 36.0 Å². The Hall–Kier alpha value is -1.61. The zero-order valence-electron chi connectivity index (χ0n) is 11.0. The molecule has 2 unspecified atom stereocenters. The van der Waals surface area contributed by atoms with Gasteiger partial charge < -0.3 is 5.11 Å². The third kappa shape index (κ3) is 2.62. The minimum atomic E-state index is -0.488. The van der Waals surface area contributed by atoms with Crippen LogP contribution in [-0.2, 0) is 6.54 Å². The van der Waals surface area contributed by atoms with Gasteiger partial charge in [-0.05, 0) is 18.9 Å². The third-order valence-corrected chi connectivity index (χ3v) is 3.37. The number of hydrogen-bond donors (Lipinski definition) is 1. The van der Waals surface area contributed by atoms with E-state index in [1.165, 1.54) is 5.56 Å². The molecule has 1 heterocycles. The van der Waals surface area contributed by atoms with Gasteiger partial charge in [0.15, 0.2) is 0 Å². The number of rotatable bonds is 5. The Morgan fingerprint density at radius 2 is 1.89 bits per heavy atom. The maximum atomic E-state index is 10.5. The van der Waals surface area contributed by atoms with Gasteiger partial charge in [0.05, 0.1) is 12.3 Å². The van der Waals surface area contributed by atoms with Crippen LogP contribution in [0.15, 0.2) is 42.7 Å². The third-order valence-electron chi connectivity index (χ3n) is 3.37. The number of aryl methyl sites for hydroxylation is 1. The van der Waals surface area contributed by atoms with Gasteiger partial charge in [-0.2, -0.15) is 5.10 Å². The van der Waals surface area contributed by atoms with Crippen LogP contribution in [0.1, 0.15) is 43.4 Å². The van der Waals surface area contributed by atoms with Gasteiger partial charge >= 0.3 is 0 Å². The normalized spacial score (nSPS) is 14.4. The van der Waals surface area contributed by atoms with Gasteiger partial charge in [-0.3, -0.25) is 4.68 Å². The van der Waals surface area contributed by atoms with Crippen LogP contribution in [0.4, 0.5) is 0 Å². The van der Waals surface area contributed by atoms with Crippen molar-refractivity contribution < 1.29 is 5.11 Å². The topological polar surface area (TPSA) is 38.1 Å². The zero-order valence-corrected chi connectivity index (χ0v) is 11.0. The first kappa shape index (κ1) is 12.8. The Morgan fingerprint density at radius 1 is 1.17 bits per heavy atom. The van der Waals surface area contributed by atoms with Crippen LogP contribution in [-0.4, -0.2) is 14.9 Å². The largest absolute Gasteiger partial charge is 0.388 e. The minimum Gasteiger partial charge on any atom is -0.388 e. The molecule has 0 aliphatic heterocycles. The van der Waals surface area contributed by atoms with Crippen molar-refractivity contribution in [3.8, 4) is 0 Å². The van der Waals surface area contributed by atoms with Crippen molar-refractivity contribution in [1.29, 1.82) is 0 Å². The van der Waals surface area contributed by atoms with E-state index in [4.69, 9.17) is 0 Å². The fourth-order valence-corrected chi connectivity index (χ4v) is 2.28. The molecular weight excluding hydrogens is 224 g/mol. The second-order valence-electron chi connectivity index (χ2n) is 4.50. The van der Waals surface area contributed by atoms with Crippen LogP contribution in [0, 0.1) is 0 Å². The fourth-order valence-electron chi connectivity index (χ4n) is 2.28. The molecule has 0 bridgehead atoms. The summed E-state index contributed by atoms with van der Waals surface area (Å²) in [6.45, 7) is 4.97. The number of aromatic nitrogens is 2. The molecule has 0 aliphatic carbocycles. The smallest absolute Gasteiger partial charge is 0.0888 e. The summed E-state index contributed by atoms with van der Waals surface area (Å²) in [5.74, 6) is 0.126. The molecule has 0 aliphatic rings. The lowest BCUT2D eigenvalue weighted by Gasteiger charge is -2.21. The standard InChI is InChI=1S/C15H20N2O/c1-3-14(12-8-6-5-7-9-12)15(18)13-10-16-17(4-2)11-13/h5-11,14-15,18H,3-4H2,1-2H3. The summed E-state index contributed by atoms with van der Waals surface area (Å²) in [7, 11) is 0. The SMILES string of the molecule is CCC(c1ccccc1)C(O)c1cnn(CC)c1. The summed E-state index contributed by atoms with van der Waals surface area (Å²) in [4.78, 5) is 0. The van der Waals surface area contributed by atoms with E-state index in [-0.39, 0.29) is 5.92 Å². The highest BCUT2D eigenvalue weighted by Gasteiger charge is 2.22. The highest BCUT2D eigenvalue weighted by molar-refractivity contribution is 5.24. The maximum Gasteiger partial charge on any atom is 0.0888 e. The second-order valence-corrected chi connectivity index (χ2v) is 4.50. The fraction of sp³-hybridized carbons (Fsp3) is 0.400. The average molecular weight is 244 g/mol. The summed E-state index contributed by atoms with van der Waals surface area (Å²) < 4.78 is 1.84. The van der Waals surface area contributed by atoms with Crippen molar-refractivity contribution >= 4 is 0 Å². The van der Waals surface area contributed by atoms with E-state index in [9.17, 15) is 5.11 Å². The van der Waals surface area contributed by atoms with Crippen molar-refractivity contribution in [3.05, 3.63) is 53.9 Å². The number of benzene rings is 1. The van der Waals surface area contributed by atoms with E-state index in [0.29, 0.717) is 0 Å². The number of hydrogen-bond acceptors (Lipinski definition) is 2. The molecule has 0 saturated heterocycles. The molecule has 2 atom stereocenters. The Labute approximate surface area is 108 Å². The summed E-state index contributed by atoms with van der Waals surface area (Å²) in [6, 6.07) is 10.2. The van der Waals surface area contributed by atoms with Crippen LogP contribution < -0.4 is 0 Å². The van der Waals surface area contributed by atoms with Crippen molar-refractivity contribution in [2.75, 3.05) is 0 Å². The van der Waals surface area contributed by atoms with Crippen LogP contribution >= 0.6 is 0 Å². The van der Waals surface area contributed by atoms with Crippen LogP contribution in [0.25, 0.3) is 0 Å². The number of aliphatic hydroxyl groups excluding tert-OH is 1. The molecule has 3 nitrogen and oxygen atoms in total. The number of nitrogens with zero attached hydrogens (tertiary/aromatic N) is 2. The first-order chi connectivity index (χ1) is 8.76. The van der Waals surface area contributed by atoms with Gasteiger partial charge in [0.2, 0.25) is 0 Å². The molecule has 1 aromatic carbocycles. The lowest BCUT2D eigenvalue weighted by molar-refractivity contribution is 0.142. The van der Waals surface area contributed by atoms with Gasteiger partial charge in [-0.25, -0.2) is 0 Å².